The van der Waals surface area contributed by atoms with Crippen LogP contribution in [0.2, 0.25) is 0 Å². The zero-order valence-electron chi connectivity index (χ0n) is 12.4. The zero-order valence-corrected chi connectivity index (χ0v) is 14.0. The normalized spacial score (nSPS) is 10.4. The van der Waals surface area contributed by atoms with Gasteiger partial charge in [0.2, 0.25) is 0 Å². The molecule has 0 atom stereocenters. The minimum absolute atomic E-state index is 0.296. The number of ether oxygens (including phenoxy) is 1. The molecule has 9 heteroatoms. The van der Waals surface area contributed by atoms with Crippen LogP contribution in [0.25, 0.3) is 0 Å². The molecule has 0 saturated heterocycles. The van der Waals surface area contributed by atoms with E-state index in [1.165, 1.54) is 12.1 Å². The van der Waals surface area contributed by atoms with Crippen molar-refractivity contribution >= 4 is 27.8 Å². The maximum atomic E-state index is 13.6. The summed E-state index contributed by atoms with van der Waals surface area (Å²) in [6.07, 6.45) is 0. The molecule has 2 aromatic carbocycles. The van der Waals surface area contributed by atoms with Gasteiger partial charge in [0.25, 0.3) is 5.91 Å². The van der Waals surface area contributed by atoms with Crippen molar-refractivity contribution < 1.29 is 31.9 Å². The van der Waals surface area contributed by atoms with Crippen molar-refractivity contribution in [3.05, 3.63) is 69.2 Å². The molecule has 0 radical (unpaired) electrons. The Bertz CT molecular complexity index is 786. The van der Waals surface area contributed by atoms with Gasteiger partial charge in [-0.1, -0.05) is 18.2 Å². The molecular weight excluding hydrogens is 410 g/mol. The molecule has 25 heavy (non-hydrogen) atoms. The van der Waals surface area contributed by atoms with Gasteiger partial charge >= 0.3 is 5.97 Å². The number of halogens is 5. The van der Waals surface area contributed by atoms with Gasteiger partial charge in [0.15, 0.2) is 23.3 Å². The summed E-state index contributed by atoms with van der Waals surface area (Å²) in [5.41, 5.74) is -0.773. The summed E-state index contributed by atoms with van der Waals surface area (Å²) in [5, 5.41) is 2.24. The predicted molar refractivity (Wildman–Crippen MR) is 82.5 cm³/mol. The second kappa shape index (κ2) is 8.11. The predicted octanol–water partition coefficient (Wildman–Crippen LogP) is 3.48. The quantitative estimate of drug-likeness (QED) is 0.349. The fourth-order valence-electron chi connectivity index (χ4n) is 1.82. The first kappa shape index (κ1) is 18.9. The second-order valence-electron chi connectivity index (χ2n) is 4.76. The van der Waals surface area contributed by atoms with E-state index in [-0.39, 0.29) is 0 Å². The second-order valence-corrected chi connectivity index (χ2v) is 5.55. The lowest BCUT2D eigenvalue weighted by molar-refractivity contribution is -0.143. The first-order chi connectivity index (χ1) is 11.8. The van der Waals surface area contributed by atoms with Crippen molar-refractivity contribution in [2.75, 3.05) is 6.54 Å². The number of carbonyl (C=O) groups excluding carboxylic acids is 2. The van der Waals surface area contributed by atoms with E-state index in [9.17, 15) is 27.2 Å². The van der Waals surface area contributed by atoms with Crippen molar-refractivity contribution in [3.8, 4) is 0 Å². The number of hydrogen-bond donors (Lipinski definition) is 1. The smallest absolute Gasteiger partial charge is 0.325 e. The Morgan fingerprint density at radius 1 is 0.960 bits per heavy atom. The van der Waals surface area contributed by atoms with Crippen LogP contribution in [-0.4, -0.2) is 18.4 Å². The van der Waals surface area contributed by atoms with Crippen molar-refractivity contribution in [1.82, 2.24) is 5.32 Å². The van der Waals surface area contributed by atoms with Gasteiger partial charge in [-0.15, -0.1) is 0 Å². The molecular formula is C16H10BrF4NO3. The molecule has 0 aliphatic heterocycles. The van der Waals surface area contributed by atoms with Crippen molar-refractivity contribution in [2.45, 2.75) is 6.61 Å². The SMILES string of the molecule is O=C(CNC(=O)c1ccccc1)OCc1c(F)c(F)c(Br)c(F)c1F. The van der Waals surface area contributed by atoms with Crippen LogP contribution in [0.15, 0.2) is 34.8 Å². The van der Waals surface area contributed by atoms with Crippen LogP contribution >= 0.6 is 15.9 Å². The summed E-state index contributed by atoms with van der Waals surface area (Å²) < 4.78 is 57.5. The molecule has 2 aromatic rings. The number of nitrogens with one attached hydrogen (secondary N) is 1. The largest absolute Gasteiger partial charge is 0.459 e. The van der Waals surface area contributed by atoms with Gasteiger partial charge in [-0.25, -0.2) is 17.6 Å². The number of esters is 1. The van der Waals surface area contributed by atoms with Crippen molar-refractivity contribution in [1.29, 1.82) is 0 Å². The fourth-order valence-corrected chi connectivity index (χ4v) is 2.17. The Balaban J connectivity index is 1.96. The molecule has 132 valence electrons. The number of hydrogen-bond acceptors (Lipinski definition) is 3. The van der Waals surface area contributed by atoms with E-state index in [2.05, 4.69) is 26.0 Å². The van der Waals surface area contributed by atoms with Crippen molar-refractivity contribution in [2.24, 2.45) is 0 Å². The summed E-state index contributed by atoms with van der Waals surface area (Å²) in [4.78, 5) is 23.2. The molecule has 1 amide bonds. The molecule has 0 aliphatic rings. The summed E-state index contributed by atoms with van der Waals surface area (Å²) in [7, 11) is 0. The van der Waals surface area contributed by atoms with Crippen LogP contribution in [0.4, 0.5) is 17.6 Å². The minimum Gasteiger partial charge on any atom is -0.459 e. The molecule has 0 heterocycles. The highest BCUT2D eigenvalue weighted by molar-refractivity contribution is 9.10. The Hall–Kier alpha value is -2.42. The summed E-state index contributed by atoms with van der Waals surface area (Å²) in [6, 6.07) is 7.97. The average Bonchev–Trinajstić information content (AvgIpc) is 2.63. The molecule has 0 fully saturated rings. The van der Waals surface area contributed by atoms with E-state index in [0.717, 1.165) is 0 Å². The van der Waals surface area contributed by atoms with E-state index in [4.69, 9.17) is 0 Å². The average molecular weight is 420 g/mol. The Kier molecular flexibility index (Phi) is 6.13. The van der Waals surface area contributed by atoms with Gasteiger partial charge in [0, 0.05) is 5.56 Å². The highest BCUT2D eigenvalue weighted by atomic mass is 79.9. The van der Waals surface area contributed by atoms with Crippen LogP contribution in [0.5, 0.6) is 0 Å². The van der Waals surface area contributed by atoms with Crippen LogP contribution in [0.3, 0.4) is 0 Å². The number of benzene rings is 2. The molecule has 4 nitrogen and oxygen atoms in total. The molecule has 0 aliphatic carbocycles. The zero-order chi connectivity index (χ0) is 18.6. The topological polar surface area (TPSA) is 55.4 Å². The van der Waals surface area contributed by atoms with Crippen LogP contribution in [-0.2, 0) is 16.1 Å². The van der Waals surface area contributed by atoms with E-state index in [0.29, 0.717) is 5.56 Å². The maximum Gasteiger partial charge on any atom is 0.325 e. The lowest BCUT2D eigenvalue weighted by Crippen LogP contribution is -2.30. The lowest BCUT2D eigenvalue weighted by Gasteiger charge is -2.10. The highest BCUT2D eigenvalue weighted by Gasteiger charge is 2.24. The Morgan fingerprint density at radius 3 is 2.08 bits per heavy atom. The third-order valence-corrected chi connectivity index (χ3v) is 3.80. The summed E-state index contributed by atoms with van der Waals surface area (Å²) in [5.74, 6) is -8.22. The van der Waals surface area contributed by atoms with Gasteiger partial charge in [-0.2, -0.15) is 0 Å². The number of carbonyl (C=O) groups is 2. The number of rotatable bonds is 5. The highest BCUT2D eigenvalue weighted by Crippen LogP contribution is 2.28. The molecule has 0 aromatic heterocycles. The molecule has 0 unspecified atom stereocenters. The van der Waals surface area contributed by atoms with E-state index in [1.807, 2.05) is 0 Å². The molecule has 0 bridgehead atoms. The van der Waals surface area contributed by atoms with Gasteiger partial charge < -0.3 is 10.1 Å². The third kappa shape index (κ3) is 4.36. The number of amides is 1. The van der Waals surface area contributed by atoms with Gasteiger partial charge in [0.1, 0.15) is 13.2 Å². The van der Waals surface area contributed by atoms with Crippen LogP contribution in [0.1, 0.15) is 15.9 Å². The van der Waals surface area contributed by atoms with E-state index in [1.54, 1.807) is 18.2 Å². The van der Waals surface area contributed by atoms with Crippen LogP contribution < -0.4 is 5.32 Å². The minimum atomic E-state index is -1.67. The Labute approximate surface area is 147 Å². The summed E-state index contributed by atoms with van der Waals surface area (Å²) >= 11 is 2.37. The van der Waals surface area contributed by atoms with Crippen molar-refractivity contribution in [3.63, 3.8) is 0 Å². The fraction of sp³-hybridized carbons (Fsp3) is 0.125. The molecule has 2 rings (SSSR count). The molecule has 1 N–H and O–H groups in total. The van der Waals surface area contributed by atoms with E-state index < -0.39 is 58.3 Å². The first-order valence-corrected chi connectivity index (χ1v) is 7.61. The van der Waals surface area contributed by atoms with E-state index >= 15 is 0 Å². The van der Waals surface area contributed by atoms with Crippen LogP contribution in [0, 0.1) is 23.3 Å². The maximum absolute atomic E-state index is 13.6. The first-order valence-electron chi connectivity index (χ1n) is 6.82. The monoisotopic (exact) mass is 419 g/mol. The van der Waals surface area contributed by atoms with Gasteiger partial charge in [0.05, 0.1) is 10.0 Å². The summed E-state index contributed by atoms with van der Waals surface area (Å²) in [6.45, 7) is -1.61. The molecule has 0 saturated carbocycles. The third-order valence-electron chi connectivity index (χ3n) is 3.11. The standard InChI is InChI=1S/C16H10BrF4NO3/c17-11-14(20)12(18)9(13(19)15(11)21)7-25-10(23)6-22-16(24)8-4-2-1-3-5-8/h1-5H,6-7H2,(H,22,24). The Morgan fingerprint density at radius 2 is 1.52 bits per heavy atom. The van der Waals surface area contributed by atoms with Gasteiger partial charge in [-0.05, 0) is 28.1 Å². The van der Waals surface area contributed by atoms with Gasteiger partial charge in [-0.3, -0.25) is 9.59 Å². The lowest BCUT2D eigenvalue weighted by atomic mass is 10.2. The molecule has 0 spiro atoms.